The molecule has 11 heteroatoms. The van der Waals surface area contributed by atoms with Gasteiger partial charge in [-0.25, -0.2) is 0 Å². The largest absolute Gasteiger partial charge is 0.469 e. The highest BCUT2D eigenvalue weighted by atomic mass is 32.1. The predicted octanol–water partition coefficient (Wildman–Crippen LogP) is 5.52. The van der Waals surface area contributed by atoms with Gasteiger partial charge in [-0.15, -0.1) is 0 Å². The Balaban J connectivity index is 2.00. The lowest BCUT2D eigenvalue weighted by Gasteiger charge is -2.40. The summed E-state index contributed by atoms with van der Waals surface area (Å²) in [6, 6.07) is 6.20. The molecule has 0 unspecified atom stereocenters. The Labute approximate surface area is 208 Å². The number of benzene rings is 1. The highest BCUT2D eigenvalue weighted by Crippen LogP contribution is 2.37. The van der Waals surface area contributed by atoms with E-state index in [1.807, 2.05) is 25.1 Å². The van der Waals surface area contributed by atoms with Gasteiger partial charge >= 0.3 is 12.1 Å². The van der Waals surface area contributed by atoms with Gasteiger partial charge in [-0.3, -0.25) is 4.79 Å². The molecule has 0 bridgehead atoms. The summed E-state index contributed by atoms with van der Waals surface area (Å²) in [6.45, 7) is 9.02. The van der Waals surface area contributed by atoms with Crippen molar-refractivity contribution in [1.82, 2.24) is 14.3 Å². The van der Waals surface area contributed by atoms with Crippen LogP contribution in [0.2, 0.25) is 0 Å². The molecule has 1 aliphatic rings. The van der Waals surface area contributed by atoms with Crippen LogP contribution in [0.3, 0.4) is 0 Å². The molecule has 0 radical (unpaired) electrons. The van der Waals surface area contributed by atoms with E-state index in [1.54, 1.807) is 0 Å². The van der Waals surface area contributed by atoms with E-state index in [9.17, 15) is 18.0 Å². The molecule has 1 saturated heterocycles. The van der Waals surface area contributed by atoms with Crippen LogP contribution >= 0.6 is 11.5 Å². The standard InChI is InChI=1S/C24H34F3N5O2S/c1-15(2)14-32(18-8-10-31(4)11-9-18)20-7-6-17(16(3)12-21(33)34-5)13-19(20)28-23-29-22(30-35-23)24(25,26)27/h6-7,13,15-16,18H,8-12,14H2,1-5H3,(H,28,29,30)/t16-/m1/s1. The van der Waals surface area contributed by atoms with Crippen LogP contribution in [0.5, 0.6) is 0 Å². The second-order valence-electron chi connectivity index (χ2n) is 9.58. The van der Waals surface area contributed by atoms with Gasteiger partial charge in [0.25, 0.3) is 0 Å². The summed E-state index contributed by atoms with van der Waals surface area (Å²) < 4.78 is 47.5. The molecule has 1 aliphatic heterocycles. The highest BCUT2D eigenvalue weighted by Gasteiger charge is 2.36. The van der Waals surface area contributed by atoms with Crippen molar-refractivity contribution < 1.29 is 22.7 Å². The van der Waals surface area contributed by atoms with Crippen LogP contribution in [0.1, 0.15) is 57.3 Å². The lowest BCUT2D eigenvalue weighted by Crippen LogP contribution is -2.45. The van der Waals surface area contributed by atoms with E-state index in [-0.39, 0.29) is 23.4 Å². The van der Waals surface area contributed by atoms with Crippen molar-refractivity contribution in [3.05, 3.63) is 29.6 Å². The highest BCUT2D eigenvalue weighted by molar-refractivity contribution is 7.09. The van der Waals surface area contributed by atoms with Gasteiger partial charge in [0.05, 0.1) is 24.9 Å². The number of likely N-dealkylation sites (tertiary alicyclic amines) is 1. The molecule has 35 heavy (non-hydrogen) atoms. The maximum Gasteiger partial charge on any atom is 0.452 e. The number of alkyl halides is 3. The number of rotatable bonds is 9. The molecule has 2 heterocycles. The Bertz CT molecular complexity index is 990. The monoisotopic (exact) mass is 513 g/mol. The molecular weight excluding hydrogens is 479 g/mol. The third-order valence-electron chi connectivity index (χ3n) is 6.21. The molecule has 194 valence electrons. The fourth-order valence-electron chi connectivity index (χ4n) is 4.31. The van der Waals surface area contributed by atoms with E-state index in [1.165, 1.54) is 7.11 Å². The SMILES string of the molecule is COC(=O)C[C@@H](C)c1ccc(N(CC(C)C)C2CCN(C)CC2)c(Nc2nc(C(F)(F)F)ns2)c1. The first-order chi connectivity index (χ1) is 16.5. The number of nitrogens with zero attached hydrogens (tertiary/aromatic N) is 4. The summed E-state index contributed by atoms with van der Waals surface area (Å²) in [7, 11) is 3.46. The number of anilines is 3. The molecule has 0 aliphatic carbocycles. The maximum atomic E-state index is 13.1. The van der Waals surface area contributed by atoms with E-state index < -0.39 is 12.0 Å². The van der Waals surface area contributed by atoms with Gasteiger partial charge < -0.3 is 19.9 Å². The lowest BCUT2D eigenvalue weighted by atomic mass is 9.95. The van der Waals surface area contributed by atoms with Crippen LogP contribution < -0.4 is 10.2 Å². The predicted molar refractivity (Wildman–Crippen MR) is 132 cm³/mol. The molecule has 1 fully saturated rings. The fraction of sp³-hybridized carbons (Fsp3) is 0.625. The lowest BCUT2D eigenvalue weighted by molar-refractivity contribution is -0.144. The van der Waals surface area contributed by atoms with Crippen molar-refractivity contribution in [3.8, 4) is 0 Å². The number of esters is 1. The first-order valence-electron chi connectivity index (χ1n) is 11.8. The zero-order valence-corrected chi connectivity index (χ0v) is 21.7. The van der Waals surface area contributed by atoms with Crippen LogP contribution in [-0.2, 0) is 15.7 Å². The van der Waals surface area contributed by atoms with Gasteiger partial charge in [0.1, 0.15) is 0 Å². The molecule has 2 aromatic rings. The molecule has 1 aromatic heterocycles. The van der Waals surface area contributed by atoms with Gasteiger partial charge in [-0.1, -0.05) is 26.8 Å². The van der Waals surface area contributed by atoms with Crippen LogP contribution in [0.15, 0.2) is 18.2 Å². The van der Waals surface area contributed by atoms with Crippen molar-refractivity contribution in [2.75, 3.05) is 44.0 Å². The number of nitrogens with one attached hydrogen (secondary N) is 1. The Kier molecular flexibility index (Phi) is 8.98. The van der Waals surface area contributed by atoms with Crippen molar-refractivity contribution >= 4 is 34.0 Å². The number of carbonyl (C=O) groups excluding carboxylic acids is 1. The minimum Gasteiger partial charge on any atom is -0.469 e. The molecule has 1 aromatic carbocycles. The minimum absolute atomic E-state index is 0.0734. The normalized spacial score (nSPS) is 16.4. The molecule has 0 amide bonds. The Morgan fingerprint density at radius 2 is 1.97 bits per heavy atom. The van der Waals surface area contributed by atoms with E-state index in [4.69, 9.17) is 4.74 Å². The molecule has 1 N–H and O–H groups in total. The van der Waals surface area contributed by atoms with E-state index in [2.05, 4.69) is 45.4 Å². The maximum absolute atomic E-state index is 13.1. The molecule has 3 rings (SSSR count). The molecule has 1 atom stereocenters. The fourth-order valence-corrected chi connectivity index (χ4v) is 4.91. The smallest absolute Gasteiger partial charge is 0.452 e. The number of hydrogen-bond acceptors (Lipinski definition) is 8. The average molecular weight is 514 g/mol. The quantitative estimate of drug-likeness (QED) is 0.443. The van der Waals surface area contributed by atoms with Crippen LogP contribution in [0.4, 0.5) is 29.7 Å². The number of ether oxygens (including phenoxy) is 1. The van der Waals surface area contributed by atoms with E-state index >= 15 is 0 Å². The number of aromatic nitrogens is 2. The van der Waals surface area contributed by atoms with Gasteiger partial charge in [-0.05, 0) is 62.5 Å². The van der Waals surface area contributed by atoms with Crippen molar-refractivity contribution in [2.45, 2.75) is 58.2 Å². The number of halogens is 3. The van der Waals surface area contributed by atoms with Crippen LogP contribution in [-0.4, -0.2) is 60.1 Å². The number of carbonyl (C=O) groups is 1. The Morgan fingerprint density at radius 1 is 1.29 bits per heavy atom. The topological polar surface area (TPSA) is 70.6 Å². The number of hydrogen-bond donors (Lipinski definition) is 1. The van der Waals surface area contributed by atoms with E-state index in [0.29, 0.717) is 29.2 Å². The Hall–Kier alpha value is -2.40. The molecule has 7 nitrogen and oxygen atoms in total. The summed E-state index contributed by atoms with van der Waals surface area (Å²) in [5.41, 5.74) is 2.45. The second-order valence-corrected chi connectivity index (χ2v) is 10.3. The molecule has 0 spiro atoms. The zero-order chi connectivity index (χ0) is 25.8. The van der Waals surface area contributed by atoms with Crippen molar-refractivity contribution in [3.63, 3.8) is 0 Å². The summed E-state index contributed by atoms with van der Waals surface area (Å²) >= 11 is 0.678. The molecular formula is C24H34F3N5O2S. The van der Waals surface area contributed by atoms with Crippen molar-refractivity contribution in [1.29, 1.82) is 0 Å². The molecule has 0 saturated carbocycles. The van der Waals surface area contributed by atoms with Gasteiger partial charge in [-0.2, -0.15) is 22.5 Å². The van der Waals surface area contributed by atoms with Gasteiger partial charge in [0.15, 0.2) is 0 Å². The zero-order valence-electron chi connectivity index (χ0n) is 20.9. The summed E-state index contributed by atoms with van der Waals surface area (Å²) in [5, 5.41) is 3.18. The van der Waals surface area contributed by atoms with Crippen LogP contribution in [0.25, 0.3) is 0 Å². The first-order valence-corrected chi connectivity index (χ1v) is 12.6. The summed E-state index contributed by atoms with van der Waals surface area (Å²) in [6.07, 6.45) is -2.40. The van der Waals surface area contributed by atoms with Gasteiger partial charge in [0, 0.05) is 24.1 Å². The average Bonchev–Trinajstić information content (AvgIpc) is 3.27. The van der Waals surface area contributed by atoms with E-state index in [0.717, 1.165) is 43.7 Å². The summed E-state index contributed by atoms with van der Waals surface area (Å²) in [4.78, 5) is 20.2. The van der Waals surface area contributed by atoms with Crippen LogP contribution in [0, 0.1) is 5.92 Å². The third kappa shape index (κ3) is 7.30. The van der Waals surface area contributed by atoms with Gasteiger partial charge in [0.2, 0.25) is 11.0 Å². The number of piperidine rings is 1. The van der Waals surface area contributed by atoms with Crippen molar-refractivity contribution in [2.24, 2.45) is 5.92 Å². The summed E-state index contributed by atoms with van der Waals surface area (Å²) in [5.74, 6) is -1.21. The third-order valence-corrected chi connectivity index (χ3v) is 6.84. The first kappa shape index (κ1) is 27.2. The Morgan fingerprint density at radius 3 is 2.54 bits per heavy atom. The minimum atomic E-state index is -4.60. The number of methoxy groups -OCH3 is 1. The second kappa shape index (κ2) is 11.6.